The average molecular weight is 420 g/mol. The van der Waals surface area contributed by atoms with Crippen molar-refractivity contribution in [3.8, 4) is 0 Å². The van der Waals surface area contributed by atoms with Crippen LogP contribution in [0.5, 0.6) is 0 Å². The maximum atomic E-state index is 12.3. The van der Waals surface area contributed by atoms with E-state index in [-0.39, 0.29) is 19.1 Å². The number of para-hydroxylation sites is 1. The lowest BCUT2D eigenvalue weighted by Gasteiger charge is -2.16. The number of benzene rings is 2. The normalized spacial score (nSPS) is 11.4. The number of nitrogen functional groups attached to an aromatic ring is 1. The third-order valence-corrected chi connectivity index (χ3v) is 5.75. The molecular formula is C21H29N2O5P. The molecule has 0 aliphatic carbocycles. The number of unbranched alkanes of at least 4 members (excludes halogenated alkanes) is 1. The second-order valence-electron chi connectivity index (χ2n) is 6.31. The number of nitrogens with one attached hydrogen (secondary N) is 1. The van der Waals surface area contributed by atoms with Crippen LogP contribution in [0.25, 0.3) is 0 Å². The summed E-state index contributed by atoms with van der Waals surface area (Å²) in [6.07, 6.45) is 2.44. The number of nitrogens with two attached hydrogens (primary N) is 1. The molecule has 158 valence electrons. The molecule has 0 bridgehead atoms. The van der Waals surface area contributed by atoms with E-state index in [1.165, 1.54) is 0 Å². The van der Waals surface area contributed by atoms with Crippen LogP contribution in [-0.4, -0.2) is 25.7 Å². The predicted molar refractivity (Wildman–Crippen MR) is 115 cm³/mol. The van der Waals surface area contributed by atoms with Gasteiger partial charge in [-0.2, -0.15) is 0 Å². The Balaban J connectivity index is 1.76. The van der Waals surface area contributed by atoms with Crippen LogP contribution in [0.3, 0.4) is 0 Å². The van der Waals surface area contributed by atoms with Crippen LogP contribution in [0.2, 0.25) is 0 Å². The van der Waals surface area contributed by atoms with Gasteiger partial charge < -0.3 is 11.1 Å². The third kappa shape index (κ3) is 7.63. The van der Waals surface area contributed by atoms with Crippen molar-refractivity contribution >= 4 is 25.1 Å². The summed E-state index contributed by atoms with van der Waals surface area (Å²) >= 11 is 0. The molecule has 2 rings (SSSR count). The molecule has 1 amide bonds. The minimum atomic E-state index is -3.43. The maximum absolute atomic E-state index is 12.3. The second-order valence-corrected chi connectivity index (χ2v) is 7.98. The van der Waals surface area contributed by atoms with Crippen molar-refractivity contribution in [1.82, 2.24) is 0 Å². The number of amides is 1. The molecule has 0 radical (unpaired) electrons. The molecule has 3 N–H and O–H groups in total. The Hall–Kier alpha value is -2.18. The molecule has 2 aromatic carbocycles. The molecule has 0 aliphatic rings. The molecule has 0 unspecified atom stereocenters. The van der Waals surface area contributed by atoms with Crippen molar-refractivity contribution in [3.05, 3.63) is 59.7 Å². The standard InChI is InChI=1S/C21H29N2O5P/c1-3-26-29(25,27-4-2)28-16-8-7-9-17-12-14-18(15-13-17)23-21(24)19-10-5-6-11-20(19)22/h5-6,10-15H,3-4,7-9,16,22H2,1-2H3,(H,23,24). The molecule has 0 saturated heterocycles. The number of hydrogen-bond acceptors (Lipinski definition) is 6. The Morgan fingerprint density at radius 1 is 0.966 bits per heavy atom. The molecule has 0 aromatic heterocycles. The molecular weight excluding hydrogens is 391 g/mol. The maximum Gasteiger partial charge on any atom is 0.474 e. The molecule has 0 saturated carbocycles. The van der Waals surface area contributed by atoms with E-state index in [9.17, 15) is 9.36 Å². The topological polar surface area (TPSA) is 99.9 Å². The summed E-state index contributed by atoms with van der Waals surface area (Å²) in [5.41, 5.74) is 8.58. The first-order valence-corrected chi connectivity index (χ1v) is 11.2. The highest BCUT2D eigenvalue weighted by Gasteiger charge is 2.24. The zero-order chi connectivity index (χ0) is 21.1. The first-order chi connectivity index (χ1) is 14.0. The number of phosphoric acid groups is 1. The van der Waals surface area contributed by atoms with Crippen LogP contribution in [0.15, 0.2) is 48.5 Å². The highest BCUT2D eigenvalue weighted by molar-refractivity contribution is 7.48. The molecule has 8 heteroatoms. The summed E-state index contributed by atoms with van der Waals surface area (Å²) in [6.45, 7) is 4.35. The lowest BCUT2D eigenvalue weighted by atomic mass is 10.1. The largest absolute Gasteiger partial charge is 0.474 e. The monoisotopic (exact) mass is 420 g/mol. The SMILES string of the molecule is CCOP(=O)(OCC)OCCCCc1ccc(NC(=O)c2ccccc2N)cc1. The smallest absolute Gasteiger partial charge is 0.398 e. The van der Waals surface area contributed by atoms with Gasteiger partial charge in [-0.05, 0) is 62.9 Å². The van der Waals surface area contributed by atoms with E-state index in [1.807, 2.05) is 24.3 Å². The van der Waals surface area contributed by atoms with Crippen molar-refractivity contribution in [3.63, 3.8) is 0 Å². The van der Waals surface area contributed by atoms with E-state index in [4.69, 9.17) is 19.3 Å². The number of aryl methyl sites for hydroxylation is 1. The first-order valence-electron chi connectivity index (χ1n) is 9.76. The van der Waals surface area contributed by atoms with Crippen molar-refractivity contribution in [2.75, 3.05) is 30.9 Å². The van der Waals surface area contributed by atoms with Crippen molar-refractivity contribution in [2.24, 2.45) is 0 Å². The molecule has 0 spiro atoms. The Kier molecular flexibility index (Phi) is 9.35. The van der Waals surface area contributed by atoms with Crippen LogP contribution < -0.4 is 11.1 Å². The van der Waals surface area contributed by atoms with Crippen LogP contribution >= 0.6 is 7.82 Å². The summed E-state index contributed by atoms with van der Waals surface area (Å²) in [7, 11) is -3.43. The molecule has 0 fully saturated rings. The number of anilines is 2. The zero-order valence-electron chi connectivity index (χ0n) is 16.9. The van der Waals surface area contributed by atoms with E-state index in [2.05, 4.69) is 5.32 Å². The highest BCUT2D eigenvalue weighted by Crippen LogP contribution is 2.49. The van der Waals surface area contributed by atoms with Gasteiger partial charge in [-0.3, -0.25) is 18.4 Å². The number of carbonyl (C=O) groups is 1. The fourth-order valence-corrected chi connectivity index (χ4v) is 3.90. The Bertz CT molecular complexity index is 816. The summed E-state index contributed by atoms with van der Waals surface area (Å²) in [5.74, 6) is -0.235. The van der Waals surface area contributed by atoms with E-state index in [0.717, 1.165) is 24.8 Å². The van der Waals surface area contributed by atoms with E-state index in [1.54, 1.807) is 38.1 Å². The fourth-order valence-electron chi connectivity index (χ4n) is 2.69. The number of phosphoric ester groups is 1. The van der Waals surface area contributed by atoms with Crippen LogP contribution in [0, 0.1) is 0 Å². The minimum absolute atomic E-state index is 0.235. The number of carbonyl (C=O) groups excluding carboxylic acids is 1. The van der Waals surface area contributed by atoms with Gasteiger partial charge in [0.25, 0.3) is 5.91 Å². The van der Waals surface area contributed by atoms with Crippen LogP contribution in [0.1, 0.15) is 42.6 Å². The van der Waals surface area contributed by atoms with Gasteiger partial charge in [-0.25, -0.2) is 4.57 Å². The predicted octanol–water partition coefficient (Wildman–Crippen LogP) is 5.04. The van der Waals surface area contributed by atoms with Crippen molar-refractivity contribution in [2.45, 2.75) is 33.1 Å². The van der Waals surface area contributed by atoms with Gasteiger partial charge in [-0.1, -0.05) is 24.3 Å². The molecule has 0 atom stereocenters. The summed E-state index contributed by atoms with van der Waals surface area (Å²) in [6, 6.07) is 14.6. The summed E-state index contributed by atoms with van der Waals surface area (Å²) < 4.78 is 27.7. The second kappa shape index (κ2) is 11.7. The van der Waals surface area contributed by atoms with E-state index >= 15 is 0 Å². The zero-order valence-corrected chi connectivity index (χ0v) is 17.8. The van der Waals surface area contributed by atoms with Crippen LogP contribution in [-0.2, 0) is 24.6 Å². The van der Waals surface area contributed by atoms with Gasteiger partial charge in [-0.15, -0.1) is 0 Å². The van der Waals surface area contributed by atoms with Crippen molar-refractivity contribution in [1.29, 1.82) is 0 Å². The quantitative estimate of drug-likeness (QED) is 0.283. The van der Waals surface area contributed by atoms with Gasteiger partial charge >= 0.3 is 7.82 Å². The number of rotatable bonds is 12. The van der Waals surface area contributed by atoms with Crippen molar-refractivity contribution < 1.29 is 22.9 Å². The first kappa shape index (κ1) is 23.1. The Morgan fingerprint density at radius 3 is 2.24 bits per heavy atom. The molecule has 2 aromatic rings. The summed E-state index contributed by atoms with van der Waals surface area (Å²) in [5, 5.41) is 2.85. The lowest BCUT2D eigenvalue weighted by molar-refractivity contribution is 0.102. The van der Waals surface area contributed by atoms with E-state index < -0.39 is 7.82 Å². The highest BCUT2D eigenvalue weighted by atomic mass is 31.2. The third-order valence-electron chi connectivity index (χ3n) is 4.10. The summed E-state index contributed by atoms with van der Waals surface area (Å²) in [4.78, 5) is 12.3. The van der Waals surface area contributed by atoms with E-state index in [0.29, 0.717) is 23.5 Å². The van der Waals surface area contributed by atoms with Gasteiger partial charge in [0.2, 0.25) is 0 Å². The van der Waals surface area contributed by atoms with Gasteiger partial charge in [0.15, 0.2) is 0 Å². The lowest BCUT2D eigenvalue weighted by Crippen LogP contribution is -2.13. The molecule has 7 nitrogen and oxygen atoms in total. The van der Waals surface area contributed by atoms with Gasteiger partial charge in [0, 0.05) is 11.4 Å². The van der Waals surface area contributed by atoms with Gasteiger partial charge in [0.05, 0.1) is 25.4 Å². The minimum Gasteiger partial charge on any atom is -0.398 e. The molecule has 29 heavy (non-hydrogen) atoms. The average Bonchev–Trinajstić information content (AvgIpc) is 2.69. The fraction of sp³-hybridized carbons (Fsp3) is 0.381. The Labute approximate surface area is 172 Å². The van der Waals surface area contributed by atoms with Crippen LogP contribution in [0.4, 0.5) is 11.4 Å². The number of hydrogen-bond donors (Lipinski definition) is 2. The molecule has 0 aliphatic heterocycles. The Morgan fingerprint density at radius 2 is 1.62 bits per heavy atom. The van der Waals surface area contributed by atoms with Gasteiger partial charge in [0.1, 0.15) is 0 Å². The molecule has 0 heterocycles.